The predicted octanol–water partition coefficient (Wildman–Crippen LogP) is 11.7. The van der Waals surface area contributed by atoms with E-state index < -0.39 is 0 Å². The van der Waals surface area contributed by atoms with E-state index in [0.29, 0.717) is 143 Å². The highest BCUT2D eigenvalue weighted by Crippen LogP contribution is 2.42. The SMILES string of the molecule is CCOc1cc2c(OCC)cc1CC1=C(NCCC(C)C)C(=O)C(=C(NCCC(C)C)C1=O)Cc1cc(OCC)c(cc1OCC)Cc1cc(OCC)c(cc1OCC)Cc1cc(OCC)c(cc1OCC)C2. The minimum atomic E-state index is -0.234. The van der Waals surface area contributed by atoms with Gasteiger partial charge in [-0.15, -0.1) is 0 Å². The van der Waals surface area contributed by atoms with Crippen LogP contribution in [0.1, 0.15) is 140 Å². The maximum absolute atomic E-state index is 15.5. The molecule has 0 heterocycles. The number of carbonyl (C=O) groups excluding carboxylic acids is 2. The van der Waals surface area contributed by atoms with Gasteiger partial charge in [-0.1, -0.05) is 27.7 Å². The third kappa shape index (κ3) is 14.1. The lowest BCUT2D eigenvalue weighted by atomic mass is 9.83. The molecule has 0 amide bonds. The molecule has 0 spiro atoms. The standard InChI is InChI=1S/C61H82N2O10/c1-13-66-50-32-42-26-44-34-56(72-19-7)46(36-54(44)70-17-5)28-48-58(62-23-21-38(9)10)61(65)49(59(60(48)64)63-24-22-39(11)12)29-47-37-55(71-18-6)45(35-57(47)73-20-8)27-43-33-51(67-14-2)41(31-53(43)69-16-4)25-40(50)30-52(42)68-15-3/h30-39,62-63H,13-29H2,1-12H3. The maximum atomic E-state index is 15.5. The van der Waals surface area contributed by atoms with Crippen molar-refractivity contribution in [3.8, 4) is 46.0 Å². The van der Waals surface area contributed by atoms with Gasteiger partial charge in [0.05, 0.1) is 64.2 Å². The number of nitrogens with one attached hydrogen (secondary N) is 2. The normalized spacial score (nSPS) is 13.8. The van der Waals surface area contributed by atoms with Crippen molar-refractivity contribution in [2.24, 2.45) is 11.8 Å². The fraction of sp³-hybridized carbons (Fsp3) is 0.508. The van der Waals surface area contributed by atoms with E-state index in [0.717, 1.165) is 80.3 Å². The number of ketones is 2. The molecule has 0 aromatic heterocycles. The molecule has 0 saturated heterocycles. The number of Topliss-reactive ketones (excluding diaryl/α,β-unsaturated/α-hetero) is 2. The third-order valence-corrected chi connectivity index (χ3v) is 12.9. The highest BCUT2D eigenvalue weighted by atomic mass is 16.5. The van der Waals surface area contributed by atoms with E-state index in [1.165, 1.54) is 0 Å². The van der Waals surface area contributed by atoms with Crippen LogP contribution in [0.4, 0.5) is 0 Å². The summed E-state index contributed by atoms with van der Waals surface area (Å²) in [6.45, 7) is 28.7. The molecule has 73 heavy (non-hydrogen) atoms. The first-order chi connectivity index (χ1) is 35.3. The topological polar surface area (TPSA) is 132 Å². The molecule has 0 saturated carbocycles. The second-order valence-corrected chi connectivity index (χ2v) is 19.2. The number of allylic oxidation sites excluding steroid dienone is 2. The van der Waals surface area contributed by atoms with Crippen molar-refractivity contribution in [3.05, 3.63) is 116 Å². The Bertz CT molecular complexity index is 2430. The Kier molecular flexibility index (Phi) is 20.8. The molecule has 4 aromatic rings. The molecule has 11 aliphatic rings. The number of ether oxygens (including phenoxy) is 8. The van der Waals surface area contributed by atoms with Gasteiger partial charge >= 0.3 is 0 Å². The van der Waals surface area contributed by atoms with Crippen LogP contribution < -0.4 is 48.5 Å². The predicted molar refractivity (Wildman–Crippen MR) is 290 cm³/mol. The Balaban J connectivity index is 1.70. The molecule has 4 aromatic carbocycles. The molecule has 2 N–H and O–H groups in total. The smallest absolute Gasteiger partial charge is 0.207 e. The molecule has 10 bridgehead atoms. The first-order valence-electron chi connectivity index (χ1n) is 27.0. The molecule has 0 aliphatic heterocycles. The summed E-state index contributed by atoms with van der Waals surface area (Å²) in [5.74, 6) is 5.67. The Morgan fingerprint density at radius 1 is 0.342 bits per heavy atom. The lowest BCUT2D eigenvalue weighted by Gasteiger charge is -2.27. The fourth-order valence-corrected chi connectivity index (χ4v) is 9.48. The molecule has 0 unspecified atom stereocenters. The van der Waals surface area contributed by atoms with Crippen molar-refractivity contribution in [1.29, 1.82) is 0 Å². The molecule has 11 aliphatic carbocycles. The summed E-state index contributed by atoms with van der Waals surface area (Å²) < 4.78 is 51.6. The van der Waals surface area contributed by atoms with Crippen LogP contribution in [0.5, 0.6) is 46.0 Å². The summed E-state index contributed by atoms with van der Waals surface area (Å²) in [7, 11) is 0. The van der Waals surface area contributed by atoms with E-state index in [1.54, 1.807) is 0 Å². The van der Waals surface area contributed by atoms with Gasteiger partial charge in [-0.05, 0) is 129 Å². The van der Waals surface area contributed by atoms with Crippen LogP contribution in [0.3, 0.4) is 0 Å². The summed E-state index contributed by atoms with van der Waals surface area (Å²) in [5.41, 5.74) is 8.27. The zero-order valence-corrected chi connectivity index (χ0v) is 45.9. The summed E-state index contributed by atoms with van der Waals surface area (Å²) in [4.78, 5) is 31.0. The molecular weight excluding hydrogens is 921 g/mol. The Labute approximate surface area is 435 Å². The van der Waals surface area contributed by atoms with E-state index in [2.05, 4.69) is 62.6 Å². The van der Waals surface area contributed by atoms with E-state index in [1.807, 2.05) is 79.7 Å². The van der Waals surface area contributed by atoms with E-state index >= 15 is 9.59 Å². The van der Waals surface area contributed by atoms with Gasteiger partial charge in [-0.3, -0.25) is 9.59 Å². The maximum Gasteiger partial charge on any atom is 0.207 e. The first-order valence-corrected chi connectivity index (χ1v) is 27.0. The lowest BCUT2D eigenvalue weighted by molar-refractivity contribution is -0.117. The van der Waals surface area contributed by atoms with E-state index in [9.17, 15) is 0 Å². The Morgan fingerprint density at radius 2 is 0.534 bits per heavy atom. The Hall–Kier alpha value is -6.30. The van der Waals surface area contributed by atoms with Gasteiger partial charge in [0, 0.05) is 101 Å². The van der Waals surface area contributed by atoms with Gasteiger partial charge in [0.25, 0.3) is 0 Å². The molecule has 12 heteroatoms. The van der Waals surface area contributed by atoms with Crippen LogP contribution >= 0.6 is 0 Å². The number of hydrogen-bond acceptors (Lipinski definition) is 12. The van der Waals surface area contributed by atoms with Crippen molar-refractivity contribution in [2.45, 2.75) is 128 Å². The fourth-order valence-electron chi connectivity index (χ4n) is 9.48. The van der Waals surface area contributed by atoms with Crippen molar-refractivity contribution in [3.63, 3.8) is 0 Å². The van der Waals surface area contributed by atoms with Crippen LogP contribution in [-0.4, -0.2) is 77.5 Å². The van der Waals surface area contributed by atoms with Gasteiger partial charge in [0.15, 0.2) is 0 Å². The number of rotatable bonds is 24. The molecule has 15 rings (SSSR count). The summed E-state index contributed by atoms with van der Waals surface area (Å²) >= 11 is 0. The molecule has 396 valence electrons. The lowest BCUT2D eigenvalue weighted by Crippen LogP contribution is -2.38. The van der Waals surface area contributed by atoms with Crippen LogP contribution in [0.25, 0.3) is 0 Å². The Morgan fingerprint density at radius 3 is 0.712 bits per heavy atom. The van der Waals surface area contributed by atoms with Crippen molar-refractivity contribution in [2.75, 3.05) is 65.9 Å². The second kappa shape index (κ2) is 27.1. The average molecular weight is 1000 g/mol. The number of hydrogen-bond donors (Lipinski definition) is 2. The molecule has 12 nitrogen and oxygen atoms in total. The van der Waals surface area contributed by atoms with E-state index in [4.69, 9.17) is 37.9 Å². The number of benzene rings is 4. The number of carbonyl (C=O) groups is 2. The molecule has 0 radical (unpaired) electrons. The van der Waals surface area contributed by atoms with Gasteiger partial charge in [0.2, 0.25) is 11.6 Å². The monoisotopic (exact) mass is 1000 g/mol. The first kappa shape index (κ1) is 56.0. The summed E-state index contributed by atoms with van der Waals surface area (Å²) in [6.07, 6.45) is 3.20. The van der Waals surface area contributed by atoms with Crippen LogP contribution in [0.2, 0.25) is 0 Å². The summed E-state index contributed by atoms with van der Waals surface area (Å²) in [6, 6.07) is 16.3. The van der Waals surface area contributed by atoms with Gasteiger partial charge in [-0.2, -0.15) is 0 Å². The molecule has 0 atom stereocenters. The minimum absolute atomic E-state index is 0.126. The van der Waals surface area contributed by atoms with Crippen molar-refractivity contribution in [1.82, 2.24) is 10.6 Å². The van der Waals surface area contributed by atoms with Gasteiger partial charge in [-0.25, -0.2) is 0 Å². The minimum Gasteiger partial charge on any atom is -0.494 e. The highest BCUT2D eigenvalue weighted by molar-refractivity contribution is 6.25. The van der Waals surface area contributed by atoms with Crippen molar-refractivity contribution < 1.29 is 47.5 Å². The molecule has 0 fully saturated rings. The van der Waals surface area contributed by atoms with Crippen LogP contribution in [0, 0.1) is 11.8 Å². The van der Waals surface area contributed by atoms with Crippen LogP contribution in [-0.2, 0) is 41.7 Å². The van der Waals surface area contributed by atoms with Gasteiger partial charge < -0.3 is 48.5 Å². The largest absolute Gasteiger partial charge is 0.494 e. The quantitative estimate of drug-likeness (QED) is 0.0648. The average Bonchev–Trinajstić information content (AvgIpc) is 3.34. The zero-order valence-electron chi connectivity index (χ0n) is 45.9. The molecular formula is C61H82N2O10. The van der Waals surface area contributed by atoms with Gasteiger partial charge in [0.1, 0.15) is 46.0 Å². The summed E-state index contributed by atoms with van der Waals surface area (Å²) in [5, 5.41) is 7.00. The third-order valence-electron chi connectivity index (χ3n) is 12.9. The van der Waals surface area contributed by atoms with Crippen molar-refractivity contribution >= 4 is 11.6 Å². The zero-order chi connectivity index (χ0) is 52.6. The second-order valence-electron chi connectivity index (χ2n) is 19.2. The van der Waals surface area contributed by atoms with E-state index in [-0.39, 0.29) is 24.4 Å². The van der Waals surface area contributed by atoms with Crippen LogP contribution in [0.15, 0.2) is 71.1 Å². The highest BCUT2D eigenvalue weighted by Gasteiger charge is 2.36.